The number of nitrogens with zero attached hydrogens (tertiary/aromatic N) is 2. The number of benzene rings is 3. The first-order valence-electron chi connectivity index (χ1n) is 10.8. The third-order valence-electron chi connectivity index (χ3n) is 5.35. The molecule has 1 amide bonds. The number of fused-ring (bicyclic) bond motifs is 1. The van der Waals surface area contributed by atoms with E-state index >= 15 is 0 Å². The second-order valence-corrected chi connectivity index (χ2v) is 8.74. The second-order valence-electron chi connectivity index (χ2n) is 7.62. The van der Waals surface area contributed by atoms with Crippen molar-refractivity contribution in [3.05, 3.63) is 114 Å². The zero-order chi connectivity index (χ0) is 22.5. The number of carbonyl (C=O) groups excluding carboxylic acids is 1. The van der Waals surface area contributed by atoms with Crippen molar-refractivity contribution in [3.63, 3.8) is 0 Å². The molecule has 5 nitrogen and oxygen atoms in total. The minimum Gasteiger partial charge on any atom is -0.322 e. The summed E-state index contributed by atoms with van der Waals surface area (Å²) >= 11 is 1.56. The van der Waals surface area contributed by atoms with Gasteiger partial charge in [-0.15, -0.1) is 0 Å². The molecular weight excluding hydrogens is 428 g/mol. The molecule has 2 aromatic heterocycles. The molecule has 5 rings (SSSR count). The molecule has 0 aliphatic rings. The predicted octanol–water partition coefficient (Wildman–Crippen LogP) is 6.15. The number of carbonyl (C=O) groups is 1. The van der Waals surface area contributed by atoms with Crippen molar-refractivity contribution in [3.8, 4) is 0 Å². The molecule has 0 saturated heterocycles. The highest BCUT2D eigenvalue weighted by Crippen LogP contribution is 2.33. The third-order valence-corrected chi connectivity index (χ3v) is 6.42. The van der Waals surface area contributed by atoms with Gasteiger partial charge in [0.15, 0.2) is 0 Å². The van der Waals surface area contributed by atoms with Crippen LogP contribution in [-0.2, 0) is 12.8 Å². The predicted molar refractivity (Wildman–Crippen MR) is 133 cm³/mol. The van der Waals surface area contributed by atoms with E-state index in [9.17, 15) is 4.79 Å². The zero-order valence-corrected chi connectivity index (χ0v) is 18.7. The minimum atomic E-state index is -0.123. The van der Waals surface area contributed by atoms with Crippen LogP contribution < -0.4 is 5.32 Å². The zero-order valence-electron chi connectivity index (χ0n) is 17.9. The Balaban J connectivity index is 1.33. The third kappa shape index (κ3) is 4.96. The molecule has 162 valence electrons. The first-order chi connectivity index (χ1) is 16.3. The van der Waals surface area contributed by atoms with Crippen LogP contribution in [0, 0.1) is 0 Å². The van der Waals surface area contributed by atoms with E-state index in [1.165, 1.54) is 0 Å². The maximum atomic E-state index is 12.9. The van der Waals surface area contributed by atoms with Crippen LogP contribution >= 0.6 is 11.8 Å². The first-order valence-corrected chi connectivity index (χ1v) is 11.6. The lowest BCUT2D eigenvalue weighted by molar-refractivity contribution is 0.102. The van der Waals surface area contributed by atoms with Gasteiger partial charge in [0, 0.05) is 38.4 Å². The maximum absolute atomic E-state index is 12.9. The number of rotatable bonds is 7. The van der Waals surface area contributed by atoms with Crippen molar-refractivity contribution in [1.82, 2.24) is 15.2 Å². The Hall–Kier alpha value is -3.90. The van der Waals surface area contributed by atoms with Gasteiger partial charge in [0.1, 0.15) is 0 Å². The standard InChI is InChI=1S/C27H22N4OS/c32-27(29-20-9-2-1-3-10-20)23-11-4-5-12-26(23)33-21-14-15-22-24(30-31-25(22)18-21)16-13-19-8-6-7-17-28-19/h1-12,14-15,17-18H,13,16H2,(H,29,32)(H,30,31). The molecule has 0 bridgehead atoms. The van der Waals surface area contributed by atoms with Gasteiger partial charge in [-0.1, -0.05) is 48.2 Å². The van der Waals surface area contributed by atoms with Gasteiger partial charge in [-0.3, -0.25) is 14.9 Å². The number of pyridine rings is 1. The number of nitrogens with one attached hydrogen (secondary N) is 2. The molecule has 0 atom stereocenters. The van der Waals surface area contributed by atoms with Crippen LogP contribution in [0.3, 0.4) is 0 Å². The van der Waals surface area contributed by atoms with E-state index in [0.29, 0.717) is 5.56 Å². The summed E-state index contributed by atoms with van der Waals surface area (Å²) in [6, 6.07) is 29.4. The summed E-state index contributed by atoms with van der Waals surface area (Å²) in [6.07, 6.45) is 3.53. The lowest BCUT2D eigenvalue weighted by Crippen LogP contribution is -2.12. The largest absolute Gasteiger partial charge is 0.322 e. The van der Waals surface area contributed by atoms with Gasteiger partial charge in [0.2, 0.25) is 0 Å². The summed E-state index contributed by atoms with van der Waals surface area (Å²) in [6.45, 7) is 0. The van der Waals surface area contributed by atoms with Crippen LogP contribution in [0.5, 0.6) is 0 Å². The molecule has 0 spiro atoms. The van der Waals surface area contributed by atoms with Crippen molar-refractivity contribution in [1.29, 1.82) is 0 Å². The Morgan fingerprint density at radius 1 is 0.879 bits per heavy atom. The summed E-state index contributed by atoms with van der Waals surface area (Å²) < 4.78 is 0. The number of anilines is 1. The lowest BCUT2D eigenvalue weighted by Gasteiger charge is -2.10. The smallest absolute Gasteiger partial charge is 0.256 e. The molecule has 0 radical (unpaired) electrons. The summed E-state index contributed by atoms with van der Waals surface area (Å²) in [5, 5.41) is 11.8. The first kappa shape index (κ1) is 21.0. The van der Waals surface area contributed by atoms with E-state index in [-0.39, 0.29) is 5.91 Å². The van der Waals surface area contributed by atoms with Crippen LogP contribution in [-0.4, -0.2) is 21.1 Å². The Morgan fingerprint density at radius 3 is 2.55 bits per heavy atom. The Labute approximate surface area is 196 Å². The van der Waals surface area contributed by atoms with Crippen molar-refractivity contribution < 1.29 is 4.79 Å². The molecule has 0 aliphatic heterocycles. The number of amides is 1. The topological polar surface area (TPSA) is 70.7 Å². The molecule has 3 aromatic carbocycles. The van der Waals surface area contributed by atoms with Gasteiger partial charge in [-0.25, -0.2) is 0 Å². The Morgan fingerprint density at radius 2 is 1.70 bits per heavy atom. The quantitative estimate of drug-likeness (QED) is 0.312. The highest BCUT2D eigenvalue weighted by molar-refractivity contribution is 7.99. The van der Waals surface area contributed by atoms with Crippen molar-refractivity contribution in [2.45, 2.75) is 22.6 Å². The molecular formula is C27H22N4OS. The summed E-state index contributed by atoms with van der Waals surface area (Å²) in [4.78, 5) is 19.2. The van der Waals surface area contributed by atoms with Crippen molar-refractivity contribution in [2.75, 3.05) is 5.32 Å². The normalized spacial score (nSPS) is 10.9. The van der Waals surface area contributed by atoms with E-state index in [4.69, 9.17) is 0 Å². The van der Waals surface area contributed by atoms with Crippen LogP contribution in [0.25, 0.3) is 10.9 Å². The van der Waals surface area contributed by atoms with Crippen LogP contribution in [0.15, 0.2) is 107 Å². The van der Waals surface area contributed by atoms with E-state index < -0.39 is 0 Å². The molecule has 0 saturated carbocycles. The van der Waals surface area contributed by atoms with Gasteiger partial charge in [-0.05, 0) is 67.4 Å². The van der Waals surface area contributed by atoms with E-state index in [0.717, 1.165) is 50.6 Å². The van der Waals surface area contributed by atoms with Gasteiger partial charge < -0.3 is 5.32 Å². The molecule has 0 fully saturated rings. The van der Waals surface area contributed by atoms with E-state index in [1.807, 2.05) is 79.0 Å². The average Bonchev–Trinajstić information content (AvgIpc) is 3.26. The molecule has 0 aliphatic carbocycles. The monoisotopic (exact) mass is 450 g/mol. The summed E-state index contributed by atoms with van der Waals surface area (Å²) in [5.74, 6) is -0.123. The maximum Gasteiger partial charge on any atom is 0.256 e. The van der Waals surface area contributed by atoms with Crippen LogP contribution in [0.4, 0.5) is 5.69 Å². The lowest BCUT2D eigenvalue weighted by atomic mass is 10.1. The molecule has 6 heteroatoms. The number of aryl methyl sites for hydroxylation is 2. The Bertz CT molecular complexity index is 1380. The number of para-hydroxylation sites is 1. The van der Waals surface area contributed by atoms with Gasteiger partial charge >= 0.3 is 0 Å². The number of H-pyrrole nitrogens is 1. The minimum absolute atomic E-state index is 0.123. The highest BCUT2D eigenvalue weighted by Gasteiger charge is 2.13. The fraction of sp³-hybridized carbons (Fsp3) is 0.0741. The van der Waals surface area contributed by atoms with E-state index in [2.05, 4.69) is 38.7 Å². The average molecular weight is 451 g/mol. The van der Waals surface area contributed by atoms with Gasteiger partial charge in [0.25, 0.3) is 5.91 Å². The fourth-order valence-electron chi connectivity index (χ4n) is 3.69. The van der Waals surface area contributed by atoms with Crippen molar-refractivity contribution >= 4 is 34.3 Å². The fourth-order valence-corrected chi connectivity index (χ4v) is 4.67. The molecule has 2 N–H and O–H groups in total. The molecule has 2 heterocycles. The molecule has 5 aromatic rings. The number of aromatic amines is 1. The summed E-state index contributed by atoms with van der Waals surface area (Å²) in [7, 11) is 0. The van der Waals surface area contributed by atoms with Crippen molar-refractivity contribution in [2.24, 2.45) is 0 Å². The Kier molecular flexibility index (Phi) is 6.17. The molecule has 33 heavy (non-hydrogen) atoms. The number of hydrogen-bond donors (Lipinski definition) is 2. The van der Waals surface area contributed by atoms with Gasteiger partial charge in [-0.2, -0.15) is 5.10 Å². The molecule has 0 unspecified atom stereocenters. The second kappa shape index (κ2) is 9.71. The number of aromatic nitrogens is 3. The van der Waals surface area contributed by atoms with Crippen LogP contribution in [0.1, 0.15) is 21.7 Å². The summed E-state index contributed by atoms with van der Waals surface area (Å²) in [5.41, 5.74) is 4.51. The highest BCUT2D eigenvalue weighted by atomic mass is 32.2. The van der Waals surface area contributed by atoms with Crippen LogP contribution in [0.2, 0.25) is 0 Å². The number of hydrogen-bond acceptors (Lipinski definition) is 4. The SMILES string of the molecule is O=C(Nc1ccccc1)c1ccccc1Sc1ccc2c(CCc3ccccn3)[nH]nc2c1. The van der Waals surface area contributed by atoms with Gasteiger partial charge in [0.05, 0.1) is 11.1 Å². The van der Waals surface area contributed by atoms with E-state index in [1.54, 1.807) is 11.8 Å².